The first-order valence-electron chi connectivity index (χ1n) is 7.00. The van der Waals surface area contributed by atoms with Crippen molar-refractivity contribution in [3.05, 3.63) is 47.9 Å². The average molecular weight is 282 g/mol. The molecule has 0 saturated carbocycles. The fourth-order valence-electron chi connectivity index (χ4n) is 2.26. The van der Waals surface area contributed by atoms with Gasteiger partial charge in [-0.05, 0) is 31.2 Å². The van der Waals surface area contributed by atoms with Gasteiger partial charge in [0.05, 0.1) is 5.52 Å². The Hall–Kier alpha value is -2.56. The van der Waals surface area contributed by atoms with Crippen LogP contribution in [0.4, 0.5) is 11.8 Å². The largest absolute Gasteiger partial charge is 0.466 e. The number of aryl methyl sites for hydroxylation is 1. The zero-order chi connectivity index (χ0) is 14.7. The van der Waals surface area contributed by atoms with E-state index >= 15 is 0 Å². The van der Waals surface area contributed by atoms with Gasteiger partial charge in [-0.2, -0.15) is 4.98 Å². The van der Waals surface area contributed by atoms with E-state index in [1.807, 2.05) is 50.4 Å². The first-order chi connectivity index (χ1) is 10.3. The molecular formula is C16H18N4O. The van der Waals surface area contributed by atoms with E-state index in [1.54, 1.807) is 0 Å². The van der Waals surface area contributed by atoms with E-state index in [1.165, 1.54) is 0 Å². The Morgan fingerprint density at radius 2 is 1.95 bits per heavy atom. The molecule has 108 valence electrons. The zero-order valence-corrected chi connectivity index (χ0v) is 12.2. The van der Waals surface area contributed by atoms with E-state index in [0.717, 1.165) is 41.2 Å². The van der Waals surface area contributed by atoms with Crippen molar-refractivity contribution >= 4 is 22.7 Å². The molecule has 0 fully saturated rings. The average Bonchev–Trinajstić information content (AvgIpc) is 2.92. The molecule has 2 aromatic heterocycles. The first-order valence-corrected chi connectivity index (χ1v) is 7.00. The summed E-state index contributed by atoms with van der Waals surface area (Å²) in [5.74, 6) is 3.36. The third-order valence-corrected chi connectivity index (χ3v) is 3.29. The molecule has 5 heteroatoms. The van der Waals surface area contributed by atoms with Crippen molar-refractivity contribution in [3.8, 4) is 0 Å². The topological polar surface area (TPSA) is 63.0 Å². The van der Waals surface area contributed by atoms with Crippen molar-refractivity contribution < 1.29 is 4.42 Å². The molecule has 0 unspecified atom stereocenters. The third kappa shape index (κ3) is 2.97. The van der Waals surface area contributed by atoms with Gasteiger partial charge in [0.25, 0.3) is 0 Å². The Morgan fingerprint density at radius 3 is 2.71 bits per heavy atom. The smallest absolute Gasteiger partial charge is 0.225 e. The van der Waals surface area contributed by atoms with Crippen molar-refractivity contribution in [3.63, 3.8) is 0 Å². The van der Waals surface area contributed by atoms with Crippen LogP contribution in [0, 0.1) is 6.92 Å². The van der Waals surface area contributed by atoms with Crippen molar-refractivity contribution in [2.45, 2.75) is 13.3 Å². The van der Waals surface area contributed by atoms with E-state index in [0.29, 0.717) is 5.95 Å². The Morgan fingerprint density at radius 1 is 1.10 bits per heavy atom. The van der Waals surface area contributed by atoms with Gasteiger partial charge in [-0.15, -0.1) is 0 Å². The summed E-state index contributed by atoms with van der Waals surface area (Å²) in [5.41, 5.74) is 0.924. The maximum absolute atomic E-state index is 5.54. The number of hydrogen-bond acceptors (Lipinski definition) is 5. The first kappa shape index (κ1) is 13.4. The molecule has 0 bridgehead atoms. The number of hydrogen-bond donors (Lipinski definition) is 2. The fourth-order valence-corrected chi connectivity index (χ4v) is 2.26. The maximum Gasteiger partial charge on any atom is 0.225 e. The van der Waals surface area contributed by atoms with E-state index in [9.17, 15) is 0 Å². The van der Waals surface area contributed by atoms with Crippen LogP contribution in [0.1, 0.15) is 11.5 Å². The molecule has 0 aliphatic heterocycles. The fraction of sp³-hybridized carbons (Fsp3) is 0.250. The highest BCUT2D eigenvalue weighted by Crippen LogP contribution is 2.21. The Kier molecular flexibility index (Phi) is 3.73. The molecule has 3 rings (SSSR count). The van der Waals surface area contributed by atoms with Gasteiger partial charge in [0.2, 0.25) is 5.95 Å². The SMILES string of the molecule is CNc1nc(NCCc2ccc(C)o2)nc2ccccc12. The summed E-state index contributed by atoms with van der Waals surface area (Å²) in [6.07, 6.45) is 0.804. The van der Waals surface area contributed by atoms with Crippen LogP contribution < -0.4 is 10.6 Å². The van der Waals surface area contributed by atoms with Gasteiger partial charge in [-0.25, -0.2) is 4.98 Å². The van der Waals surface area contributed by atoms with Crippen LogP contribution in [0.25, 0.3) is 10.9 Å². The molecule has 0 aliphatic rings. The lowest BCUT2D eigenvalue weighted by molar-refractivity contribution is 0.486. The highest BCUT2D eigenvalue weighted by atomic mass is 16.3. The highest BCUT2D eigenvalue weighted by Gasteiger charge is 2.06. The van der Waals surface area contributed by atoms with Gasteiger partial charge >= 0.3 is 0 Å². The third-order valence-electron chi connectivity index (χ3n) is 3.29. The molecule has 3 aromatic rings. The van der Waals surface area contributed by atoms with Gasteiger partial charge < -0.3 is 15.1 Å². The van der Waals surface area contributed by atoms with E-state index in [-0.39, 0.29) is 0 Å². The predicted molar refractivity (Wildman–Crippen MR) is 84.7 cm³/mol. The van der Waals surface area contributed by atoms with Crippen LogP contribution in [0.3, 0.4) is 0 Å². The lowest BCUT2D eigenvalue weighted by Gasteiger charge is -2.09. The monoisotopic (exact) mass is 282 g/mol. The van der Waals surface area contributed by atoms with E-state index in [4.69, 9.17) is 4.42 Å². The van der Waals surface area contributed by atoms with Crippen LogP contribution in [0.15, 0.2) is 40.8 Å². The molecule has 21 heavy (non-hydrogen) atoms. The van der Waals surface area contributed by atoms with Crippen LogP contribution >= 0.6 is 0 Å². The van der Waals surface area contributed by atoms with Crippen LogP contribution in [-0.4, -0.2) is 23.6 Å². The van der Waals surface area contributed by atoms with Crippen LogP contribution in [0.5, 0.6) is 0 Å². The minimum atomic E-state index is 0.626. The van der Waals surface area contributed by atoms with E-state index < -0.39 is 0 Å². The summed E-state index contributed by atoms with van der Waals surface area (Å²) >= 11 is 0. The molecule has 0 radical (unpaired) electrons. The summed E-state index contributed by atoms with van der Waals surface area (Å²) in [7, 11) is 1.87. The molecule has 1 aromatic carbocycles. The number of nitrogens with zero attached hydrogens (tertiary/aromatic N) is 2. The summed E-state index contributed by atoms with van der Waals surface area (Å²) in [4.78, 5) is 9.02. The zero-order valence-electron chi connectivity index (χ0n) is 12.2. The minimum absolute atomic E-state index is 0.626. The Bertz CT molecular complexity index is 751. The molecule has 0 atom stereocenters. The van der Waals surface area contributed by atoms with Gasteiger partial charge in [0.1, 0.15) is 17.3 Å². The number of furan rings is 1. The van der Waals surface area contributed by atoms with Crippen LogP contribution in [0.2, 0.25) is 0 Å². The van der Waals surface area contributed by atoms with Crippen molar-refractivity contribution in [2.24, 2.45) is 0 Å². The lowest BCUT2D eigenvalue weighted by Crippen LogP contribution is -2.09. The normalized spacial score (nSPS) is 10.8. The number of anilines is 2. The van der Waals surface area contributed by atoms with Crippen molar-refractivity contribution in [1.29, 1.82) is 0 Å². The minimum Gasteiger partial charge on any atom is -0.466 e. The molecule has 0 saturated heterocycles. The van der Waals surface area contributed by atoms with Gasteiger partial charge in [-0.1, -0.05) is 12.1 Å². The molecular weight excluding hydrogens is 264 g/mol. The maximum atomic E-state index is 5.54. The molecule has 2 N–H and O–H groups in total. The molecule has 2 heterocycles. The quantitative estimate of drug-likeness (QED) is 0.752. The van der Waals surface area contributed by atoms with Gasteiger partial charge in [-0.3, -0.25) is 0 Å². The second-order valence-electron chi connectivity index (χ2n) is 4.85. The standard InChI is InChI=1S/C16H18N4O/c1-11-7-8-12(21-11)9-10-18-16-19-14-6-4-3-5-13(14)15(17-2)20-16/h3-8H,9-10H2,1-2H3,(H2,17,18,19,20). The highest BCUT2D eigenvalue weighted by molar-refractivity contribution is 5.89. The summed E-state index contributed by atoms with van der Waals surface area (Å²) in [5, 5.41) is 7.38. The number of benzene rings is 1. The van der Waals surface area contributed by atoms with Crippen LogP contribution in [-0.2, 0) is 6.42 Å². The Labute approximate surface area is 123 Å². The summed E-state index contributed by atoms with van der Waals surface area (Å²) in [6, 6.07) is 11.9. The molecule has 5 nitrogen and oxygen atoms in total. The van der Waals surface area contributed by atoms with Gasteiger partial charge in [0.15, 0.2) is 0 Å². The summed E-state index contributed by atoms with van der Waals surface area (Å²) < 4.78 is 5.54. The van der Waals surface area contributed by atoms with Gasteiger partial charge in [0, 0.05) is 25.4 Å². The number of para-hydroxylation sites is 1. The Balaban J connectivity index is 1.74. The molecule has 0 aliphatic carbocycles. The second-order valence-corrected chi connectivity index (χ2v) is 4.85. The lowest BCUT2D eigenvalue weighted by atomic mass is 10.2. The van der Waals surface area contributed by atoms with Crippen molar-refractivity contribution in [2.75, 3.05) is 24.2 Å². The molecule has 0 spiro atoms. The van der Waals surface area contributed by atoms with E-state index in [2.05, 4.69) is 20.6 Å². The predicted octanol–water partition coefficient (Wildman–Crippen LogP) is 3.23. The second kappa shape index (κ2) is 5.83. The number of fused-ring (bicyclic) bond motifs is 1. The number of aromatic nitrogens is 2. The summed E-state index contributed by atoms with van der Waals surface area (Å²) in [6.45, 7) is 2.68. The molecule has 0 amide bonds. The number of nitrogens with one attached hydrogen (secondary N) is 2. The van der Waals surface area contributed by atoms with Crippen molar-refractivity contribution in [1.82, 2.24) is 9.97 Å². The number of rotatable bonds is 5.